The van der Waals surface area contributed by atoms with Gasteiger partial charge in [-0.2, -0.15) is 8.78 Å². The number of nitrogens with one attached hydrogen (secondary N) is 1. The van der Waals surface area contributed by atoms with Crippen molar-refractivity contribution in [1.29, 1.82) is 0 Å². The average molecular weight is 324 g/mol. The van der Waals surface area contributed by atoms with Crippen molar-refractivity contribution in [1.82, 2.24) is 10.3 Å². The van der Waals surface area contributed by atoms with Gasteiger partial charge in [-0.1, -0.05) is 30.0 Å². The van der Waals surface area contributed by atoms with Gasteiger partial charge in [-0.15, -0.1) is 0 Å². The Balaban J connectivity index is 1.74. The number of alkyl halides is 2. The molecule has 0 aliphatic heterocycles. The third-order valence-corrected chi connectivity index (χ3v) is 3.57. The lowest BCUT2D eigenvalue weighted by Gasteiger charge is -2.07. The summed E-state index contributed by atoms with van der Waals surface area (Å²) in [5.74, 6) is 0.239. The van der Waals surface area contributed by atoms with Crippen molar-refractivity contribution in [2.75, 3.05) is 5.75 Å². The van der Waals surface area contributed by atoms with Gasteiger partial charge in [0.05, 0.1) is 10.8 Å². The number of carbonyl (C=O) groups is 1. The Morgan fingerprint density at radius 1 is 1.23 bits per heavy atom. The van der Waals surface area contributed by atoms with Crippen molar-refractivity contribution in [3.8, 4) is 5.75 Å². The van der Waals surface area contributed by atoms with E-state index in [-0.39, 0.29) is 17.4 Å². The number of benzene rings is 1. The molecule has 1 aromatic carbocycles. The average Bonchev–Trinajstić information content (AvgIpc) is 2.53. The Bertz CT molecular complexity index is 594. The second kappa shape index (κ2) is 8.33. The van der Waals surface area contributed by atoms with Gasteiger partial charge in [-0.05, 0) is 29.8 Å². The number of nitrogens with zero attached hydrogens (tertiary/aromatic N) is 1. The van der Waals surface area contributed by atoms with Gasteiger partial charge in [0.2, 0.25) is 5.91 Å². The lowest BCUT2D eigenvalue weighted by atomic mass is 10.2. The van der Waals surface area contributed by atoms with Gasteiger partial charge in [-0.3, -0.25) is 4.79 Å². The number of pyridine rings is 1. The predicted molar refractivity (Wildman–Crippen MR) is 79.9 cm³/mol. The van der Waals surface area contributed by atoms with Crippen molar-refractivity contribution in [2.24, 2.45) is 0 Å². The van der Waals surface area contributed by atoms with E-state index in [4.69, 9.17) is 0 Å². The summed E-state index contributed by atoms with van der Waals surface area (Å²) < 4.78 is 28.3. The number of amides is 1. The van der Waals surface area contributed by atoms with Gasteiger partial charge in [0.25, 0.3) is 0 Å². The number of ether oxygens (including phenoxy) is 1. The first kappa shape index (κ1) is 16.2. The normalized spacial score (nSPS) is 10.5. The first-order chi connectivity index (χ1) is 10.6. The summed E-state index contributed by atoms with van der Waals surface area (Å²) in [4.78, 5) is 15.8. The SMILES string of the molecule is O=C(CSc1ccccn1)NCc1ccc(OC(F)F)cc1. The third-order valence-electron chi connectivity index (χ3n) is 2.63. The molecule has 0 saturated carbocycles. The van der Waals surface area contributed by atoms with Crippen LogP contribution in [0.2, 0.25) is 0 Å². The monoisotopic (exact) mass is 324 g/mol. The van der Waals surface area contributed by atoms with E-state index < -0.39 is 6.61 Å². The molecule has 0 saturated heterocycles. The van der Waals surface area contributed by atoms with Crippen LogP contribution in [0.5, 0.6) is 5.75 Å². The van der Waals surface area contributed by atoms with Gasteiger partial charge >= 0.3 is 6.61 Å². The zero-order valence-corrected chi connectivity index (χ0v) is 12.4. The summed E-state index contributed by atoms with van der Waals surface area (Å²) in [7, 11) is 0. The summed E-state index contributed by atoms with van der Waals surface area (Å²) in [5, 5.41) is 3.54. The van der Waals surface area contributed by atoms with E-state index in [0.717, 1.165) is 10.6 Å². The van der Waals surface area contributed by atoms with Crippen LogP contribution in [0, 0.1) is 0 Å². The topological polar surface area (TPSA) is 51.2 Å². The second-order valence-electron chi connectivity index (χ2n) is 4.26. The van der Waals surface area contributed by atoms with Crippen molar-refractivity contribution >= 4 is 17.7 Å². The van der Waals surface area contributed by atoms with Gasteiger partial charge < -0.3 is 10.1 Å². The summed E-state index contributed by atoms with van der Waals surface area (Å²) >= 11 is 1.35. The van der Waals surface area contributed by atoms with Crippen molar-refractivity contribution in [3.05, 3.63) is 54.2 Å². The van der Waals surface area contributed by atoms with Gasteiger partial charge in [0.1, 0.15) is 5.75 Å². The fourth-order valence-corrected chi connectivity index (χ4v) is 2.30. The molecule has 0 aliphatic carbocycles. The summed E-state index contributed by atoms with van der Waals surface area (Å²) in [6.07, 6.45) is 1.67. The number of carbonyl (C=O) groups excluding carboxylic acids is 1. The minimum Gasteiger partial charge on any atom is -0.435 e. The van der Waals surface area contributed by atoms with E-state index in [1.165, 1.54) is 23.9 Å². The van der Waals surface area contributed by atoms with Crippen LogP contribution >= 0.6 is 11.8 Å². The van der Waals surface area contributed by atoms with E-state index in [9.17, 15) is 13.6 Å². The molecule has 0 fully saturated rings. The molecule has 7 heteroatoms. The molecule has 116 valence electrons. The molecule has 1 aromatic heterocycles. The van der Waals surface area contributed by atoms with Crippen LogP contribution < -0.4 is 10.1 Å². The van der Waals surface area contributed by atoms with E-state index in [2.05, 4.69) is 15.0 Å². The standard InChI is InChI=1S/C15H14F2N2O2S/c16-15(17)21-12-6-4-11(5-7-12)9-19-13(20)10-22-14-3-1-2-8-18-14/h1-8,15H,9-10H2,(H,19,20). The molecule has 0 unspecified atom stereocenters. The largest absolute Gasteiger partial charge is 0.435 e. The molecule has 1 amide bonds. The molecular formula is C15H14F2N2O2S. The van der Waals surface area contributed by atoms with Crippen LogP contribution in [0.3, 0.4) is 0 Å². The van der Waals surface area contributed by atoms with Crippen LogP contribution in [-0.2, 0) is 11.3 Å². The maximum Gasteiger partial charge on any atom is 0.387 e. The zero-order valence-electron chi connectivity index (χ0n) is 11.5. The van der Waals surface area contributed by atoms with Crippen molar-refractivity contribution in [3.63, 3.8) is 0 Å². The molecule has 0 aliphatic rings. The highest BCUT2D eigenvalue weighted by molar-refractivity contribution is 7.99. The Kier molecular flexibility index (Phi) is 6.14. The molecule has 2 rings (SSSR count). The first-order valence-electron chi connectivity index (χ1n) is 6.48. The molecule has 22 heavy (non-hydrogen) atoms. The van der Waals surface area contributed by atoms with E-state index >= 15 is 0 Å². The fourth-order valence-electron chi connectivity index (χ4n) is 1.61. The Hall–Kier alpha value is -2.15. The quantitative estimate of drug-likeness (QED) is 0.795. The number of hydrogen-bond acceptors (Lipinski definition) is 4. The summed E-state index contributed by atoms with van der Waals surface area (Å²) in [5.41, 5.74) is 0.804. The maximum atomic E-state index is 12.0. The molecule has 2 aromatic rings. The number of hydrogen-bond donors (Lipinski definition) is 1. The lowest BCUT2D eigenvalue weighted by Crippen LogP contribution is -2.24. The van der Waals surface area contributed by atoms with Gasteiger partial charge in [-0.25, -0.2) is 4.98 Å². The second-order valence-corrected chi connectivity index (χ2v) is 5.25. The minimum absolute atomic E-state index is 0.0933. The number of aromatic nitrogens is 1. The van der Waals surface area contributed by atoms with Crippen LogP contribution in [0.1, 0.15) is 5.56 Å². The molecule has 1 heterocycles. The van der Waals surface area contributed by atoms with Crippen molar-refractivity contribution in [2.45, 2.75) is 18.2 Å². The highest BCUT2D eigenvalue weighted by Crippen LogP contribution is 2.15. The molecule has 0 atom stereocenters. The summed E-state index contributed by atoms with van der Waals surface area (Å²) in [6, 6.07) is 11.6. The van der Waals surface area contributed by atoms with Gasteiger partial charge in [0, 0.05) is 12.7 Å². The molecule has 0 spiro atoms. The number of rotatable bonds is 7. The van der Waals surface area contributed by atoms with Crippen molar-refractivity contribution < 1.29 is 18.3 Å². The molecule has 1 N–H and O–H groups in total. The van der Waals surface area contributed by atoms with E-state index in [1.54, 1.807) is 18.3 Å². The Morgan fingerprint density at radius 2 is 2.00 bits per heavy atom. The van der Waals surface area contributed by atoms with Crippen LogP contribution in [-0.4, -0.2) is 23.3 Å². The van der Waals surface area contributed by atoms with Crippen LogP contribution in [0.15, 0.2) is 53.7 Å². The predicted octanol–water partition coefficient (Wildman–Crippen LogP) is 3.09. The number of thioether (sulfide) groups is 1. The third kappa shape index (κ3) is 5.69. The maximum absolute atomic E-state index is 12.0. The first-order valence-corrected chi connectivity index (χ1v) is 7.46. The Labute approximate surface area is 130 Å². The summed E-state index contributed by atoms with van der Waals surface area (Å²) in [6.45, 7) is -2.51. The highest BCUT2D eigenvalue weighted by Gasteiger charge is 2.05. The fraction of sp³-hybridized carbons (Fsp3) is 0.200. The minimum atomic E-state index is -2.84. The Morgan fingerprint density at radius 3 is 2.64 bits per heavy atom. The van der Waals surface area contributed by atoms with Crippen LogP contribution in [0.25, 0.3) is 0 Å². The molecular weight excluding hydrogens is 310 g/mol. The van der Waals surface area contributed by atoms with Crippen LogP contribution in [0.4, 0.5) is 8.78 Å². The van der Waals surface area contributed by atoms with E-state index in [1.807, 2.05) is 18.2 Å². The lowest BCUT2D eigenvalue weighted by molar-refractivity contribution is -0.118. The van der Waals surface area contributed by atoms with E-state index in [0.29, 0.717) is 6.54 Å². The number of halogens is 2. The molecule has 0 radical (unpaired) electrons. The molecule has 0 bridgehead atoms. The zero-order chi connectivity index (χ0) is 15.8. The highest BCUT2D eigenvalue weighted by atomic mass is 32.2. The molecule has 4 nitrogen and oxygen atoms in total. The smallest absolute Gasteiger partial charge is 0.387 e. The van der Waals surface area contributed by atoms with Gasteiger partial charge in [0.15, 0.2) is 0 Å².